The van der Waals surface area contributed by atoms with Crippen LogP contribution in [0.4, 0.5) is 0 Å². The van der Waals surface area contributed by atoms with Crippen molar-refractivity contribution in [3.63, 3.8) is 0 Å². The molecule has 0 spiro atoms. The first-order valence-corrected chi connectivity index (χ1v) is 4.91. The lowest BCUT2D eigenvalue weighted by molar-refractivity contribution is -0.142. The van der Waals surface area contributed by atoms with E-state index in [9.17, 15) is 4.79 Å². The van der Waals surface area contributed by atoms with E-state index in [0.717, 1.165) is 6.42 Å². The van der Waals surface area contributed by atoms with E-state index in [1.807, 2.05) is 6.92 Å². The summed E-state index contributed by atoms with van der Waals surface area (Å²) in [4.78, 5) is 14.1. The van der Waals surface area contributed by atoms with E-state index in [1.165, 1.54) is 0 Å². The molecule has 0 unspecified atom stereocenters. The molecule has 7 heteroatoms. The Morgan fingerprint density at radius 3 is 2.94 bits per heavy atom. The number of aliphatic carboxylic acids is 1. The van der Waals surface area contributed by atoms with Crippen LogP contribution in [0.25, 0.3) is 0 Å². The molecule has 16 heavy (non-hydrogen) atoms. The molecular weight excluding hydrogens is 216 g/mol. The zero-order valence-corrected chi connectivity index (χ0v) is 9.01. The molecule has 0 atom stereocenters. The van der Waals surface area contributed by atoms with Crippen molar-refractivity contribution in [1.82, 2.24) is 10.1 Å². The minimum absolute atomic E-state index is 0.00687. The first-order valence-electron chi connectivity index (χ1n) is 4.91. The first-order chi connectivity index (χ1) is 7.72. The molecule has 7 nitrogen and oxygen atoms in total. The lowest BCUT2D eigenvalue weighted by Crippen LogP contribution is -2.06. The van der Waals surface area contributed by atoms with Crippen LogP contribution in [-0.2, 0) is 27.5 Å². The van der Waals surface area contributed by atoms with Gasteiger partial charge < -0.3 is 19.1 Å². The summed E-state index contributed by atoms with van der Waals surface area (Å²) < 4.78 is 14.8. The fourth-order valence-electron chi connectivity index (χ4n) is 0.941. The van der Waals surface area contributed by atoms with Gasteiger partial charge in [0.25, 0.3) is 5.89 Å². The van der Waals surface area contributed by atoms with Crippen molar-refractivity contribution in [2.45, 2.75) is 26.6 Å². The minimum Gasteiger partial charge on any atom is -0.480 e. The number of hydrogen-bond acceptors (Lipinski definition) is 6. The summed E-state index contributed by atoms with van der Waals surface area (Å²) in [6, 6.07) is 0. The van der Waals surface area contributed by atoms with Crippen molar-refractivity contribution in [3.05, 3.63) is 11.7 Å². The zero-order chi connectivity index (χ0) is 11.8. The Labute approximate surface area is 92.4 Å². The third-order valence-electron chi connectivity index (χ3n) is 1.54. The molecule has 0 aliphatic heterocycles. The van der Waals surface area contributed by atoms with Gasteiger partial charge in [0.15, 0.2) is 5.82 Å². The average Bonchev–Trinajstić information content (AvgIpc) is 2.66. The Morgan fingerprint density at radius 2 is 2.25 bits per heavy atom. The Kier molecular flexibility index (Phi) is 5.44. The highest BCUT2D eigenvalue weighted by Gasteiger charge is 2.07. The summed E-state index contributed by atoms with van der Waals surface area (Å²) in [7, 11) is 0. The highest BCUT2D eigenvalue weighted by Crippen LogP contribution is 2.01. The van der Waals surface area contributed by atoms with Crippen molar-refractivity contribution in [2.75, 3.05) is 13.2 Å². The molecule has 1 heterocycles. The Morgan fingerprint density at radius 1 is 1.44 bits per heavy atom. The molecule has 0 aromatic carbocycles. The maximum Gasteiger partial charge on any atom is 0.329 e. The predicted octanol–water partition coefficient (Wildman–Crippen LogP) is 0.597. The van der Waals surface area contributed by atoms with Gasteiger partial charge >= 0.3 is 5.97 Å². The van der Waals surface area contributed by atoms with Crippen LogP contribution in [0.1, 0.15) is 25.1 Å². The Bertz CT molecular complexity index is 325. The summed E-state index contributed by atoms with van der Waals surface area (Å²) in [5, 5.41) is 12.0. The van der Waals surface area contributed by atoms with Crippen LogP contribution in [0.15, 0.2) is 4.52 Å². The lowest BCUT2D eigenvalue weighted by Gasteiger charge is -1.96. The maximum absolute atomic E-state index is 10.2. The van der Waals surface area contributed by atoms with Gasteiger partial charge in [0, 0.05) is 6.61 Å². The second kappa shape index (κ2) is 6.91. The van der Waals surface area contributed by atoms with Gasteiger partial charge in [-0.15, -0.1) is 0 Å². The van der Waals surface area contributed by atoms with Gasteiger partial charge in [-0.2, -0.15) is 4.98 Å². The molecule has 1 N–H and O–H groups in total. The van der Waals surface area contributed by atoms with E-state index < -0.39 is 5.97 Å². The fourth-order valence-corrected chi connectivity index (χ4v) is 0.941. The van der Waals surface area contributed by atoms with Crippen molar-refractivity contribution < 1.29 is 23.9 Å². The third-order valence-corrected chi connectivity index (χ3v) is 1.54. The normalized spacial score (nSPS) is 10.6. The molecule has 0 saturated carbocycles. The van der Waals surface area contributed by atoms with E-state index in [-0.39, 0.29) is 25.7 Å². The smallest absolute Gasteiger partial charge is 0.329 e. The minimum atomic E-state index is -1.04. The van der Waals surface area contributed by atoms with Crippen LogP contribution in [0.5, 0.6) is 0 Å². The molecule has 0 bridgehead atoms. The SMILES string of the molecule is CCCOCc1noc(COCC(=O)O)n1. The molecule has 0 aliphatic rings. The van der Waals surface area contributed by atoms with Crippen LogP contribution >= 0.6 is 0 Å². The number of nitrogens with zero attached hydrogens (tertiary/aromatic N) is 2. The molecule has 0 radical (unpaired) electrons. The van der Waals surface area contributed by atoms with Crippen LogP contribution in [0.2, 0.25) is 0 Å². The molecule has 0 aliphatic carbocycles. The van der Waals surface area contributed by atoms with E-state index in [1.54, 1.807) is 0 Å². The standard InChI is InChI=1S/C9H14N2O5/c1-2-3-14-4-7-10-8(16-11-7)5-15-6-9(12)13/h2-6H2,1H3,(H,12,13). The molecule has 1 aromatic heterocycles. The summed E-state index contributed by atoms with van der Waals surface area (Å²) in [5.74, 6) is -0.357. The number of carboxylic acid groups (broad SMARTS) is 1. The number of rotatable bonds is 8. The predicted molar refractivity (Wildman–Crippen MR) is 51.5 cm³/mol. The Balaban J connectivity index is 2.25. The second-order valence-corrected chi connectivity index (χ2v) is 3.04. The summed E-state index contributed by atoms with van der Waals surface area (Å²) in [6.45, 7) is 2.54. The average molecular weight is 230 g/mol. The van der Waals surface area contributed by atoms with Gasteiger partial charge in [0.1, 0.15) is 19.8 Å². The van der Waals surface area contributed by atoms with E-state index in [4.69, 9.17) is 19.1 Å². The molecule has 1 rings (SSSR count). The van der Waals surface area contributed by atoms with Crippen molar-refractivity contribution >= 4 is 5.97 Å². The highest BCUT2D eigenvalue weighted by atomic mass is 16.5. The van der Waals surface area contributed by atoms with Crippen molar-refractivity contribution in [3.8, 4) is 0 Å². The van der Waals surface area contributed by atoms with Gasteiger partial charge in [-0.25, -0.2) is 4.79 Å². The number of carboxylic acids is 1. The Hall–Kier alpha value is -1.47. The van der Waals surface area contributed by atoms with Gasteiger partial charge in [-0.1, -0.05) is 12.1 Å². The number of carbonyl (C=O) groups is 1. The second-order valence-electron chi connectivity index (χ2n) is 3.04. The number of aromatic nitrogens is 2. The molecule has 1 aromatic rings. The van der Waals surface area contributed by atoms with Crippen LogP contribution in [0.3, 0.4) is 0 Å². The summed E-state index contributed by atoms with van der Waals surface area (Å²) in [5.41, 5.74) is 0. The van der Waals surface area contributed by atoms with Crippen LogP contribution < -0.4 is 0 Å². The van der Waals surface area contributed by atoms with Crippen LogP contribution in [0, 0.1) is 0 Å². The highest BCUT2D eigenvalue weighted by molar-refractivity contribution is 5.67. The van der Waals surface area contributed by atoms with E-state index in [2.05, 4.69) is 10.1 Å². The van der Waals surface area contributed by atoms with Gasteiger partial charge in [0.05, 0.1) is 0 Å². The fraction of sp³-hybridized carbons (Fsp3) is 0.667. The maximum atomic E-state index is 10.2. The summed E-state index contributed by atoms with van der Waals surface area (Å²) >= 11 is 0. The number of hydrogen-bond donors (Lipinski definition) is 1. The lowest BCUT2D eigenvalue weighted by atomic mass is 10.5. The molecule has 0 saturated heterocycles. The quantitative estimate of drug-likeness (QED) is 0.653. The topological polar surface area (TPSA) is 94.7 Å². The first kappa shape index (κ1) is 12.6. The van der Waals surface area contributed by atoms with E-state index in [0.29, 0.717) is 12.4 Å². The third kappa shape index (κ3) is 4.85. The molecule has 0 fully saturated rings. The van der Waals surface area contributed by atoms with Gasteiger partial charge in [0.2, 0.25) is 0 Å². The number of ether oxygens (including phenoxy) is 2. The largest absolute Gasteiger partial charge is 0.480 e. The van der Waals surface area contributed by atoms with Crippen LogP contribution in [-0.4, -0.2) is 34.4 Å². The zero-order valence-electron chi connectivity index (χ0n) is 9.01. The van der Waals surface area contributed by atoms with E-state index >= 15 is 0 Å². The van der Waals surface area contributed by atoms with Gasteiger partial charge in [-0.05, 0) is 6.42 Å². The summed E-state index contributed by atoms with van der Waals surface area (Å²) in [6.07, 6.45) is 0.923. The van der Waals surface area contributed by atoms with Crippen molar-refractivity contribution in [2.24, 2.45) is 0 Å². The van der Waals surface area contributed by atoms with Crippen molar-refractivity contribution in [1.29, 1.82) is 0 Å². The molecule has 0 amide bonds. The molecule has 90 valence electrons. The van der Waals surface area contributed by atoms with Gasteiger partial charge in [-0.3, -0.25) is 0 Å². The molecular formula is C9H14N2O5. The monoisotopic (exact) mass is 230 g/mol.